The summed E-state index contributed by atoms with van der Waals surface area (Å²) >= 11 is 0. The zero-order valence-corrected chi connectivity index (χ0v) is 13.6. The van der Waals surface area contributed by atoms with Gasteiger partial charge in [0.1, 0.15) is 0 Å². The SMILES string of the molecule is O=C(CC1(O)CCCCC1)N1CCN(CC2CCOC2)CC1. The molecule has 1 atom stereocenters. The molecule has 0 aromatic rings. The molecule has 5 heteroatoms. The maximum Gasteiger partial charge on any atom is 0.225 e. The number of carbonyl (C=O) groups is 1. The normalized spacial score (nSPS) is 29.7. The lowest BCUT2D eigenvalue weighted by molar-refractivity contribution is -0.139. The molecule has 22 heavy (non-hydrogen) atoms. The number of nitrogens with zero attached hydrogens (tertiary/aromatic N) is 2. The summed E-state index contributed by atoms with van der Waals surface area (Å²) in [6, 6.07) is 0. The van der Waals surface area contributed by atoms with Crippen LogP contribution in [0.2, 0.25) is 0 Å². The van der Waals surface area contributed by atoms with Gasteiger partial charge in [-0.15, -0.1) is 0 Å². The number of piperazine rings is 1. The van der Waals surface area contributed by atoms with Gasteiger partial charge in [0, 0.05) is 39.3 Å². The van der Waals surface area contributed by atoms with Gasteiger partial charge in [-0.05, 0) is 25.2 Å². The molecule has 3 aliphatic rings. The van der Waals surface area contributed by atoms with E-state index in [4.69, 9.17) is 4.74 Å². The van der Waals surface area contributed by atoms with Gasteiger partial charge < -0.3 is 14.7 Å². The van der Waals surface area contributed by atoms with Gasteiger partial charge in [-0.1, -0.05) is 19.3 Å². The van der Waals surface area contributed by atoms with Crippen LogP contribution in [0, 0.1) is 5.92 Å². The van der Waals surface area contributed by atoms with E-state index in [0.717, 1.165) is 71.6 Å². The van der Waals surface area contributed by atoms with Crippen LogP contribution in [0.25, 0.3) is 0 Å². The molecule has 2 aliphatic heterocycles. The highest BCUT2D eigenvalue weighted by atomic mass is 16.5. The number of hydrogen-bond acceptors (Lipinski definition) is 4. The van der Waals surface area contributed by atoms with E-state index in [-0.39, 0.29) is 5.91 Å². The Hall–Kier alpha value is -0.650. The van der Waals surface area contributed by atoms with Gasteiger partial charge >= 0.3 is 0 Å². The van der Waals surface area contributed by atoms with E-state index >= 15 is 0 Å². The molecule has 0 spiro atoms. The largest absolute Gasteiger partial charge is 0.389 e. The van der Waals surface area contributed by atoms with E-state index < -0.39 is 5.60 Å². The van der Waals surface area contributed by atoms with E-state index in [0.29, 0.717) is 12.3 Å². The molecule has 3 fully saturated rings. The topological polar surface area (TPSA) is 53.0 Å². The Morgan fingerprint density at radius 3 is 2.50 bits per heavy atom. The number of carbonyl (C=O) groups excluding carboxylic acids is 1. The van der Waals surface area contributed by atoms with Gasteiger partial charge in [0.05, 0.1) is 18.6 Å². The van der Waals surface area contributed by atoms with Crippen molar-refractivity contribution in [1.29, 1.82) is 0 Å². The Morgan fingerprint density at radius 2 is 1.86 bits per heavy atom. The van der Waals surface area contributed by atoms with E-state index in [1.807, 2.05) is 4.90 Å². The van der Waals surface area contributed by atoms with Gasteiger partial charge in [-0.3, -0.25) is 9.69 Å². The minimum atomic E-state index is -0.729. The second-order valence-electron chi connectivity index (χ2n) is 7.37. The van der Waals surface area contributed by atoms with Crippen LogP contribution in [0.5, 0.6) is 0 Å². The van der Waals surface area contributed by atoms with Crippen molar-refractivity contribution in [3.05, 3.63) is 0 Å². The van der Waals surface area contributed by atoms with E-state index in [1.54, 1.807) is 0 Å². The number of hydrogen-bond donors (Lipinski definition) is 1. The molecule has 2 heterocycles. The molecule has 0 aromatic heterocycles. The molecule has 2 saturated heterocycles. The Balaban J connectivity index is 1.41. The van der Waals surface area contributed by atoms with E-state index in [1.165, 1.54) is 12.8 Å². The molecule has 1 unspecified atom stereocenters. The second kappa shape index (κ2) is 7.28. The monoisotopic (exact) mass is 310 g/mol. The van der Waals surface area contributed by atoms with Crippen molar-refractivity contribution in [3.8, 4) is 0 Å². The van der Waals surface area contributed by atoms with Crippen molar-refractivity contribution >= 4 is 5.91 Å². The van der Waals surface area contributed by atoms with Gasteiger partial charge in [0.15, 0.2) is 0 Å². The average molecular weight is 310 g/mol. The lowest BCUT2D eigenvalue weighted by Crippen LogP contribution is -2.51. The van der Waals surface area contributed by atoms with Crippen LogP contribution < -0.4 is 0 Å². The van der Waals surface area contributed by atoms with Crippen molar-refractivity contribution in [2.45, 2.75) is 50.5 Å². The Kier molecular flexibility index (Phi) is 5.37. The van der Waals surface area contributed by atoms with Crippen LogP contribution in [0.3, 0.4) is 0 Å². The molecular formula is C17H30N2O3. The minimum absolute atomic E-state index is 0.147. The molecule has 1 saturated carbocycles. The van der Waals surface area contributed by atoms with Gasteiger partial charge in [-0.25, -0.2) is 0 Å². The van der Waals surface area contributed by atoms with Crippen molar-refractivity contribution in [1.82, 2.24) is 9.80 Å². The first kappa shape index (κ1) is 16.2. The minimum Gasteiger partial charge on any atom is -0.389 e. The first-order valence-electron chi connectivity index (χ1n) is 8.95. The fourth-order valence-corrected chi connectivity index (χ4v) is 4.05. The molecule has 0 bridgehead atoms. The first-order valence-corrected chi connectivity index (χ1v) is 8.95. The smallest absolute Gasteiger partial charge is 0.225 e. The zero-order chi connectivity index (χ0) is 15.4. The Bertz CT molecular complexity index is 368. The van der Waals surface area contributed by atoms with Crippen molar-refractivity contribution in [2.24, 2.45) is 5.92 Å². The van der Waals surface area contributed by atoms with Crippen LogP contribution in [-0.4, -0.2) is 72.4 Å². The van der Waals surface area contributed by atoms with Gasteiger partial charge in [-0.2, -0.15) is 0 Å². The highest BCUT2D eigenvalue weighted by Crippen LogP contribution is 2.31. The second-order valence-corrected chi connectivity index (χ2v) is 7.37. The lowest BCUT2D eigenvalue weighted by Gasteiger charge is -2.38. The Morgan fingerprint density at radius 1 is 1.14 bits per heavy atom. The molecule has 0 radical (unpaired) electrons. The third-order valence-electron chi connectivity index (χ3n) is 5.53. The number of ether oxygens (including phenoxy) is 1. The molecule has 3 rings (SSSR count). The maximum atomic E-state index is 12.5. The average Bonchev–Trinajstić information content (AvgIpc) is 3.01. The van der Waals surface area contributed by atoms with Crippen LogP contribution in [-0.2, 0) is 9.53 Å². The third-order valence-corrected chi connectivity index (χ3v) is 5.53. The summed E-state index contributed by atoms with van der Waals surface area (Å²) in [7, 11) is 0. The standard InChI is InChI=1S/C17H30N2O3/c20-16(12-17(21)5-2-1-3-6-17)19-9-7-18(8-10-19)13-15-4-11-22-14-15/h15,21H,1-14H2. The van der Waals surface area contributed by atoms with Crippen LogP contribution in [0.15, 0.2) is 0 Å². The van der Waals surface area contributed by atoms with E-state index in [9.17, 15) is 9.90 Å². The fraction of sp³-hybridized carbons (Fsp3) is 0.941. The number of aliphatic hydroxyl groups is 1. The summed E-state index contributed by atoms with van der Waals surface area (Å²) in [5.74, 6) is 0.818. The quantitative estimate of drug-likeness (QED) is 0.849. The highest BCUT2D eigenvalue weighted by Gasteiger charge is 2.34. The lowest BCUT2D eigenvalue weighted by atomic mass is 9.82. The van der Waals surface area contributed by atoms with Crippen LogP contribution >= 0.6 is 0 Å². The predicted octanol–water partition coefficient (Wildman–Crippen LogP) is 1.25. The predicted molar refractivity (Wildman–Crippen MR) is 84.6 cm³/mol. The highest BCUT2D eigenvalue weighted by molar-refractivity contribution is 5.77. The summed E-state index contributed by atoms with van der Waals surface area (Å²) in [6.07, 6.45) is 6.39. The van der Waals surface area contributed by atoms with Crippen molar-refractivity contribution < 1.29 is 14.6 Å². The van der Waals surface area contributed by atoms with Crippen molar-refractivity contribution in [3.63, 3.8) is 0 Å². The maximum absolute atomic E-state index is 12.5. The number of rotatable bonds is 4. The van der Waals surface area contributed by atoms with Crippen LogP contribution in [0.1, 0.15) is 44.9 Å². The summed E-state index contributed by atoms with van der Waals surface area (Å²) < 4.78 is 5.43. The summed E-state index contributed by atoms with van der Waals surface area (Å²) in [5, 5.41) is 10.5. The molecule has 126 valence electrons. The summed E-state index contributed by atoms with van der Waals surface area (Å²) in [5.41, 5.74) is -0.729. The molecule has 5 nitrogen and oxygen atoms in total. The molecule has 1 amide bonds. The summed E-state index contributed by atoms with van der Waals surface area (Å²) in [4.78, 5) is 16.9. The van der Waals surface area contributed by atoms with Gasteiger partial charge in [0.2, 0.25) is 5.91 Å². The molecule has 1 N–H and O–H groups in total. The third kappa shape index (κ3) is 4.21. The van der Waals surface area contributed by atoms with Crippen LogP contribution in [0.4, 0.5) is 0 Å². The Labute approximate surface area is 133 Å². The zero-order valence-electron chi connectivity index (χ0n) is 13.6. The first-order chi connectivity index (χ1) is 10.6. The molecule has 1 aliphatic carbocycles. The number of amides is 1. The molecular weight excluding hydrogens is 280 g/mol. The fourth-order valence-electron chi connectivity index (χ4n) is 4.05. The van der Waals surface area contributed by atoms with Gasteiger partial charge in [0.25, 0.3) is 0 Å². The van der Waals surface area contributed by atoms with Crippen molar-refractivity contribution in [2.75, 3.05) is 45.9 Å². The van der Waals surface area contributed by atoms with E-state index in [2.05, 4.69) is 4.90 Å². The summed E-state index contributed by atoms with van der Waals surface area (Å²) in [6.45, 7) is 6.44. The molecule has 0 aromatic carbocycles.